The second-order valence-electron chi connectivity index (χ2n) is 4.17. The highest BCUT2D eigenvalue weighted by atomic mass is 16.3. The van der Waals surface area contributed by atoms with Crippen LogP contribution in [0, 0.1) is 0 Å². The Morgan fingerprint density at radius 2 is 2.33 bits per heavy atom. The highest BCUT2D eigenvalue weighted by Crippen LogP contribution is 2.02. The number of amides is 1. The molecule has 0 aromatic heterocycles. The van der Waals surface area contributed by atoms with Gasteiger partial charge in [0.15, 0.2) is 0 Å². The summed E-state index contributed by atoms with van der Waals surface area (Å²) >= 11 is 0. The molecule has 0 aromatic rings. The Morgan fingerprint density at radius 1 is 1.60 bits per heavy atom. The smallest absolute Gasteiger partial charge is 0.242 e. The van der Waals surface area contributed by atoms with E-state index in [1.807, 2.05) is 19.0 Å². The summed E-state index contributed by atoms with van der Waals surface area (Å²) in [6, 6.07) is -0.408. The highest BCUT2D eigenvalue weighted by Gasteiger charge is 2.25. The van der Waals surface area contributed by atoms with Crippen molar-refractivity contribution in [1.29, 1.82) is 0 Å². The van der Waals surface area contributed by atoms with Gasteiger partial charge >= 0.3 is 0 Å². The molecule has 1 atom stereocenters. The Hall–Kier alpha value is -0.650. The summed E-state index contributed by atoms with van der Waals surface area (Å²) in [5.41, 5.74) is 0. The third-order valence-corrected chi connectivity index (χ3v) is 2.61. The Morgan fingerprint density at radius 3 is 2.93 bits per heavy atom. The van der Waals surface area contributed by atoms with Crippen molar-refractivity contribution >= 4 is 5.91 Å². The predicted octanol–water partition coefficient (Wildman–Crippen LogP) is -1.27. The normalized spacial score (nSPS) is 23.3. The molecule has 1 heterocycles. The van der Waals surface area contributed by atoms with Gasteiger partial charge in [-0.25, -0.2) is 0 Å². The molecule has 88 valence electrons. The van der Waals surface area contributed by atoms with E-state index in [-0.39, 0.29) is 12.5 Å². The summed E-state index contributed by atoms with van der Waals surface area (Å²) in [5.74, 6) is 0.0249. The molecule has 0 bridgehead atoms. The number of aliphatic hydroxyl groups excluding tert-OH is 1. The molecule has 5 heteroatoms. The van der Waals surface area contributed by atoms with E-state index < -0.39 is 6.04 Å². The zero-order valence-electron chi connectivity index (χ0n) is 9.57. The minimum atomic E-state index is -0.408. The third-order valence-electron chi connectivity index (χ3n) is 2.61. The molecule has 0 radical (unpaired) electrons. The largest absolute Gasteiger partial charge is 0.394 e. The van der Waals surface area contributed by atoms with Crippen LogP contribution in [0.2, 0.25) is 0 Å². The zero-order chi connectivity index (χ0) is 11.3. The van der Waals surface area contributed by atoms with Crippen molar-refractivity contribution in [2.45, 2.75) is 12.5 Å². The van der Waals surface area contributed by atoms with Gasteiger partial charge in [-0.2, -0.15) is 0 Å². The maximum atomic E-state index is 11.9. The van der Waals surface area contributed by atoms with Gasteiger partial charge in [0.2, 0.25) is 5.91 Å². The second kappa shape index (κ2) is 6.05. The van der Waals surface area contributed by atoms with Gasteiger partial charge in [-0.05, 0) is 27.1 Å². The lowest BCUT2D eigenvalue weighted by atomic mass is 10.3. The summed E-state index contributed by atoms with van der Waals surface area (Å²) in [6.45, 7) is 3.08. The van der Waals surface area contributed by atoms with Gasteiger partial charge in [0.1, 0.15) is 6.04 Å². The van der Waals surface area contributed by atoms with Crippen LogP contribution < -0.4 is 5.32 Å². The zero-order valence-corrected chi connectivity index (χ0v) is 9.57. The Balaban J connectivity index is 2.49. The molecule has 2 N–H and O–H groups in total. The van der Waals surface area contributed by atoms with Crippen molar-refractivity contribution in [3.8, 4) is 0 Å². The molecule has 1 aliphatic heterocycles. The molecule has 1 saturated heterocycles. The molecule has 1 amide bonds. The average molecular weight is 215 g/mol. The number of carbonyl (C=O) groups is 1. The van der Waals surface area contributed by atoms with Gasteiger partial charge < -0.3 is 20.2 Å². The molecule has 15 heavy (non-hydrogen) atoms. The van der Waals surface area contributed by atoms with Crippen LogP contribution in [-0.4, -0.2) is 73.7 Å². The predicted molar refractivity (Wildman–Crippen MR) is 58.6 cm³/mol. The number of nitrogens with zero attached hydrogens (tertiary/aromatic N) is 2. The second-order valence-corrected chi connectivity index (χ2v) is 4.17. The van der Waals surface area contributed by atoms with Crippen LogP contribution in [-0.2, 0) is 4.79 Å². The molecule has 1 aliphatic rings. The fourth-order valence-electron chi connectivity index (χ4n) is 1.65. The summed E-state index contributed by atoms with van der Waals surface area (Å²) in [5, 5.41) is 12.1. The van der Waals surface area contributed by atoms with E-state index in [4.69, 9.17) is 5.11 Å². The standard InChI is InChI=1S/C10H21N3O2/c1-12(2)6-7-13-5-3-4-11-9(8-14)10(13)15/h9,11,14H,3-8H2,1-2H3. The van der Waals surface area contributed by atoms with Crippen LogP contribution in [0.5, 0.6) is 0 Å². The van der Waals surface area contributed by atoms with Crippen LogP contribution in [0.4, 0.5) is 0 Å². The average Bonchev–Trinajstić information content (AvgIpc) is 2.37. The van der Waals surface area contributed by atoms with Gasteiger partial charge in [-0.3, -0.25) is 4.79 Å². The molecule has 5 nitrogen and oxygen atoms in total. The molecule has 0 aromatic carbocycles. The maximum absolute atomic E-state index is 11.9. The minimum Gasteiger partial charge on any atom is -0.394 e. The van der Waals surface area contributed by atoms with Crippen LogP contribution >= 0.6 is 0 Å². The molecule has 1 fully saturated rings. The van der Waals surface area contributed by atoms with Gasteiger partial charge in [0, 0.05) is 19.6 Å². The first-order chi connectivity index (χ1) is 7.15. The quantitative estimate of drug-likeness (QED) is 0.614. The minimum absolute atomic E-state index is 0.0249. The first kappa shape index (κ1) is 12.4. The van der Waals surface area contributed by atoms with Gasteiger partial charge in [-0.15, -0.1) is 0 Å². The van der Waals surface area contributed by atoms with E-state index in [1.54, 1.807) is 0 Å². The van der Waals surface area contributed by atoms with E-state index in [1.165, 1.54) is 0 Å². The molecule has 1 rings (SSSR count). The number of hydrogen-bond acceptors (Lipinski definition) is 4. The molecular weight excluding hydrogens is 194 g/mol. The fraction of sp³-hybridized carbons (Fsp3) is 0.900. The summed E-state index contributed by atoms with van der Waals surface area (Å²) < 4.78 is 0. The van der Waals surface area contributed by atoms with Crippen molar-refractivity contribution in [3.05, 3.63) is 0 Å². The Bertz CT molecular complexity index is 209. The van der Waals surface area contributed by atoms with Crippen molar-refractivity contribution in [2.75, 3.05) is 46.9 Å². The van der Waals surface area contributed by atoms with Gasteiger partial charge in [0.05, 0.1) is 6.61 Å². The SMILES string of the molecule is CN(C)CCN1CCCNC(CO)C1=O. The number of nitrogens with one attached hydrogen (secondary N) is 1. The summed E-state index contributed by atoms with van der Waals surface area (Å²) in [6.07, 6.45) is 0.954. The maximum Gasteiger partial charge on any atom is 0.242 e. The number of aliphatic hydroxyl groups is 1. The van der Waals surface area contributed by atoms with Crippen molar-refractivity contribution < 1.29 is 9.90 Å². The van der Waals surface area contributed by atoms with Gasteiger partial charge in [-0.1, -0.05) is 0 Å². The lowest BCUT2D eigenvalue weighted by Gasteiger charge is -2.24. The lowest BCUT2D eigenvalue weighted by molar-refractivity contribution is -0.133. The van der Waals surface area contributed by atoms with Crippen LogP contribution in [0.25, 0.3) is 0 Å². The first-order valence-corrected chi connectivity index (χ1v) is 5.43. The van der Waals surface area contributed by atoms with Crippen LogP contribution in [0.1, 0.15) is 6.42 Å². The van der Waals surface area contributed by atoms with Crippen LogP contribution in [0.3, 0.4) is 0 Å². The van der Waals surface area contributed by atoms with Crippen molar-refractivity contribution in [1.82, 2.24) is 15.1 Å². The number of hydrogen-bond donors (Lipinski definition) is 2. The lowest BCUT2D eigenvalue weighted by Crippen LogP contribution is -2.47. The summed E-state index contributed by atoms with van der Waals surface area (Å²) in [4.78, 5) is 15.8. The van der Waals surface area contributed by atoms with E-state index in [0.717, 1.165) is 32.6 Å². The fourth-order valence-corrected chi connectivity index (χ4v) is 1.65. The van der Waals surface area contributed by atoms with E-state index >= 15 is 0 Å². The topological polar surface area (TPSA) is 55.8 Å². The molecule has 0 saturated carbocycles. The third kappa shape index (κ3) is 3.77. The molecule has 1 unspecified atom stereocenters. The highest BCUT2D eigenvalue weighted by molar-refractivity contribution is 5.82. The van der Waals surface area contributed by atoms with E-state index in [0.29, 0.717) is 0 Å². The first-order valence-electron chi connectivity index (χ1n) is 5.43. The monoisotopic (exact) mass is 215 g/mol. The Kier molecular flexibility index (Phi) is 5.01. The summed E-state index contributed by atoms with van der Waals surface area (Å²) in [7, 11) is 3.98. The molecular formula is C10H21N3O2. The number of carbonyl (C=O) groups excluding carboxylic acids is 1. The number of likely N-dealkylation sites (N-methyl/N-ethyl adjacent to an activating group) is 1. The van der Waals surface area contributed by atoms with Crippen molar-refractivity contribution in [3.63, 3.8) is 0 Å². The Labute approximate surface area is 91.0 Å². The number of rotatable bonds is 4. The van der Waals surface area contributed by atoms with E-state index in [2.05, 4.69) is 10.2 Å². The molecule has 0 aliphatic carbocycles. The van der Waals surface area contributed by atoms with Crippen LogP contribution in [0.15, 0.2) is 0 Å². The van der Waals surface area contributed by atoms with Crippen molar-refractivity contribution in [2.24, 2.45) is 0 Å². The van der Waals surface area contributed by atoms with Gasteiger partial charge in [0.25, 0.3) is 0 Å². The molecule has 0 spiro atoms. The van der Waals surface area contributed by atoms with E-state index in [9.17, 15) is 4.79 Å².